The Hall–Kier alpha value is -1.40. The van der Waals surface area contributed by atoms with Crippen molar-refractivity contribution in [2.75, 3.05) is 56.2 Å². The van der Waals surface area contributed by atoms with Crippen molar-refractivity contribution < 1.29 is 4.74 Å². The Balaban J connectivity index is 1.74. The van der Waals surface area contributed by atoms with Gasteiger partial charge >= 0.3 is 0 Å². The molecule has 0 amide bonds. The molecule has 0 saturated carbocycles. The summed E-state index contributed by atoms with van der Waals surface area (Å²) in [7, 11) is 2.11. The maximum atomic E-state index is 5.38. The van der Waals surface area contributed by atoms with Crippen LogP contribution in [0.1, 0.15) is 6.42 Å². The summed E-state index contributed by atoms with van der Waals surface area (Å²) in [5.74, 6) is 2.01. The van der Waals surface area contributed by atoms with E-state index in [-0.39, 0.29) is 0 Å². The molecule has 2 aliphatic heterocycles. The standard InChI is InChI=1S/C13H21N5O/c1-17(11-2-3-14-9-11)12-8-13(16-10-15-12)18-4-6-19-7-5-18/h8,10-11,14H,2-7,9H2,1H3. The third-order valence-electron chi connectivity index (χ3n) is 3.92. The Morgan fingerprint density at radius 2 is 2.21 bits per heavy atom. The minimum Gasteiger partial charge on any atom is -0.378 e. The molecule has 2 fully saturated rings. The highest BCUT2D eigenvalue weighted by Gasteiger charge is 2.21. The second-order valence-corrected chi connectivity index (χ2v) is 5.09. The molecule has 104 valence electrons. The van der Waals surface area contributed by atoms with Crippen LogP contribution in [-0.2, 0) is 4.74 Å². The van der Waals surface area contributed by atoms with Gasteiger partial charge in [0, 0.05) is 38.8 Å². The molecule has 0 radical (unpaired) electrons. The van der Waals surface area contributed by atoms with Crippen molar-refractivity contribution in [1.82, 2.24) is 15.3 Å². The number of hydrogen-bond donors (Lipinski definition) is 1. The van der Waals surface area contributed by atoms with Gasteiger partial charge in [-0.15, -0.1) is 0 Å². The summed E-state index contributed by atoms with van der Waals surface area (Å²) in [6.45, 7) is 5.50. The molecule has 0 bridgehead atoms. The Labute approximate surface area is 113 Å². The molecular formula is C13H21N5O. The van der Waals surface area contributed by atoms with Crippen molar-refractivity contribution in [3.05, 3.63) is 12.4 Å². The number of likely N-dealkylation sites (N-methyl/N-ethyl adjacent to an activating group) is 1. The SMILES string of the molecule is CN(c1cc(N2CCOCC2)ncn1)C1CCNC1. The van der Waals surface area contributed by atoms with Gasteiger partial charge in [-0.1, -0.05) is 0 Å². The number of anilines is 2. The summed E-state index contributed by atoms with van der Waals surface area (Å²) >= 11 is 0. The topological polar surface area (TPSA) is 53.5 Å². The van der Waals surface area contributed by atoms with E-state index in [0.717, 1.165) is 51.0 Å². The van der Waals surface area contributed by atoms with Gasteiger partial charge in [0.1, 0.15) is 18.0 Å². The van der Waals surface area contributed by atoms with Gasteiger partial charge in [0.15, 0.2) is 0 Å². The van der Waals surface area contributed by atoms with Crippen LogP contribution in [0.15, 0.2) is 12.4 Å². The predicted octanol–water partition coefficient (Wildman–Crippen LogP) is 0.111. The molecule has 0 spiro atoms. The average molecular weight is 263 g/mol. The first kappa shape index (κ1) is 12.6. The first-order valence-corrected chi connectivity index (χ1v) is 6.93. The van der Waals surface area contributed by atoms with E-state index in [4.69, 9.17) is 4.74 Å². The molecule has 2 saturated heterocycles. The normalized spacial score (nSPS) is 23.6. The van der Waals surface area contributed by atoms with Crippen LogP contribution in [0.4, 0.5) is 11.6 Å². The molecule has 1 atom stereocenters. The lowest BCUT2D eigenvalue weighted by molar-refractivity contribution is 0.122. The fraction of sp³-hybridized carbons (Fsp3) is 0.692. The van der Waals surface area contributed by atoms with Gasteiger partial charge in [-0.25, -0.2) is 9.97 Å². The second-order valence-electron chi connectivity index (χ2n) is 5.09. The zero-order chi connectivity index (χ0) is 13.1. The Morgan fingerprint density at radius 1 is 1.37 bits per heavy atom. The molecule has 3 heterocycles. The number of nitrogens with one attached hydrogen (secondary N) is 1. The summed E-state index contributed by atoms with van der Waals surface area (Å²) in [5.41, 5.74) is 0. The van der Waals surface area contributed by atoms with Crippen LogP contribution in [0.2, 0.25) is 0 Å². The van der Waals surface area contributed by atoms with Crippen LogP contribution in [-0.4, -0.2) is 62.5 Å². The number of hydrogen-bond acceptors (Lipinski definition) is 6. The van der Waals surface area contributed by atoms with E-state index >= 15 is 0 Å². The molecule has 1 unspecified atom stereocenters. The summed E-state index contributed by atoms with van der Waals surface area (Å²) in [6.07, 6.45) is 2.84. The Kier molecular flexibility index (Phi) is 3.79. The first-order chi connectivity index (χ1) is 9.34. The van der Waals surface area contributed by atoms with E-state index in [2.05, 4.69) is 38.2 Å². The molecular weight excluding hydrogens is 242 g/mol. The van der Waals surface area contributed by atoms with Crippen molar-refractivity contribution in [1.29, 1.82) is 0 Å². The molecule has 1 N–H and O–H groups in total. The van der Waals surface area contributed by atoms with E-state index < -0.39 is 0 Å². The van der Waals surface area contributed by atoms with Crippen molar-refractivity contribution in [3.63, 3.8) is 0 Å². The number of nitrogens with zero attached hydrogens (tertiary/aromatic N) is 4. The summed E-state index contributed by atoms with van der Waals surface area (Å²) in [5, 5.41) is 3.39. The predicted molar refractivity (Wildman–Crippen MR) is 74.7 cm³/mol. The fourth-order valence-corrected chi connectivity index (χ4v) is 2.65. The molecule has 0 aromatic carbocycles. The van der Waals surface area contributed by atoms with Gasteiger partial charge in [0.05, 0.1) is 13.2 Å². The third kappa shape index (κ3) is 2.79. The van der Waals surface area contributed by atoms with Crippen LogP contribution in [0.5, 0.6) is 0 Å². The summed E-state index contributed by atoms with van der Waals surface area (Å²) in [4.78, 5) is 13.3. The van der Waals surface area contributed by atoms with E-state index in [9.17, 15) is 0 Å². The van der Waals surface area contributed by atoms with E-state index in [1.807, 2.05) is 0 Å². The highest BCUT2D eigenvalue weighted by Crippen LogP contribution is 2.20. The van der Waals surface area contributed by atoms with Crippen LogP contribution >= 0.6 is 0 Å². The molecule has 0 aliphatic carbocycles. The summed E-state index contributed by atoms with van der Waals surface area (Å²) in [6, 6.07) is 2.62. The van der Waals surface area contributed by atoms with Gasteiger partial charge in [-0.2, -0.15) is 0 Å². The maximum Gasteiger partial charge on any atom is 0.134 e. The van der Waals surface area contributed by atoms with Crippen molar-refractivity contribution in [3.8, 4) is 0 Å². The van der Waals surface area contributed by atoms with Gasteiger partial charge in [0.25, 0.3) is 0 Å². The largest absolute Gasteiger partial charge is 0.378 e. The van der Waals surface area contributed by atoms with Crippen LogP contribution in [0.3, 0.4) is 0 Å². The lowest BCUT2D eigenvalue weighted by Crippen LogP contribution is -2.37. The number of morpholine rings is 1. The maximum absolute atomic E-state index is 5.38. The minimum absolute atomic E-state index is 0.535. The molecule has 19 heavy (non-hydrogen) atoms. The zero-order valence-electron chi connectivity index (χ0n) is 11.4. The van der Waals surface area contributed by atoms with Gasteiger partial charge in [0.2, 0.25) is 0 Å². The highest BCUT2D eigenvalue weighted by atomic mass is 16.5. The molecule has 1 aromatic heterocycles. The van der Waals surface area contributed by atoms with Crippen molar-refractivity contribution in [2.24, 2.45) is 0 Å². The second kappa shape index (κ2) is 5.71. The monoisotopic (exact) mass is 263 g/mol. The quantitative estimate of drug-likeness (QED) is 0.835. The van der Waals surface area contributed by atoms with Gasteiger partial charge < -0.3 is 19.9 Å². The number of aromatic nitrogens is 2. The van der Waals surface area contributed by atoms with E-state index in [1.165, 1.54) is 6.42 Å². The van der Waals surface area contributed by atoms with Crippen molar-refractivity contribution >= 4 is 11.6 Å². The summed E-state index contributed by atoms with van der Waals surface area (Å²) < 4.78 is 5.38. The minimum atomic E-state index is 0.535. The molecule has 6 heteroatoms. The highest BCUT2D eigenvalue weighted by molar-refractivity contribution is 5.50. The average Bonchev–Trinajstić information content (AvgIpc) is 3.02. The van der Waals surface area contributed by atoms with Gasteiger partial charge in [-0.05, 0) is 13.0 Å². The van der Waals surface area contributed by atoms with E-state index in [0.29, 0.717) is 6.04 Å². The molecule has 2 aliphatic rings. The van der Waals surface area contributed by atoms with Crippen LogP contribution < -0.4 is 15.1 Å². The number of ether oxygens (including phenoxy) is 1. The van der Waals surface area contributed by atoms with Crippen molar-refractivity contribution in [2.45, 2.75) is 12.5 Å². The smallest absolute Gasteiger partial charge is 0.134 e. The molecule has 1 aromatic rings. The Bertz CT molecular complexity index is 415. The van der Waals surface area contributed by atoms with Crippen LogP contribution in [0, 0.1) is 0 Å². The fourth-order valence-electron chi connectivity index (χ4n) is 2.65. The zero-order valence-corrected chi connectivity index (χ0v) is 11.4. The molecule has 6 nitrogen and oxygen atoms in total. The lowest BCUT2D eigenvalue weighted by atomic mass is 10.2. The van der Waals surface area contributed by atoms with E-state index in [1.54, 1.807) is 6.33 Å². The third-order valence-corrected chi connectivity index (χ3v) is 3.92. The first-order valence-electron chi connectivity index (χ1n) is 6.93. The van der Waals surface area contributed by atoms with Crippen LogP contribution in [0.25, 0.3) is 0 Å². The van der Waals surface area contributed by atoms with Gasteiger partial charge in [-0.3, -0.25) is 0 Å². The Morgan fingerprint density at radius 3 is 2.95 bits per heavy atom. The number of rotatable bonds is 3. The molecule has 3 rings (SSSR count). The lowest BCUT2D eigenvalue weighted by Gasteiger charge is -2.29.